The Kier molecular flexibility index (Phi) is 3.45. The van der Waals surface area contributed by atoms with Gasteiger partial charge in [-0.15, -0.1) is 0 Å². The molecule has 13 heavy (non-hydrogen) atoms. The topological polar surface area (TPSA) is 54.9 Å². The summed E-state index contributed by atoms with van der Waals surface area (Å²) in [4.78, 5) is 10.9. The molecule has 1 heterocycles. The summed E-state index contributed by atoms with van der Waals surface area (Å²) in [7, 11) is 0. The van der Waals surface area contributed by atoms with E-state index in [0.717, 1.165) is 0 Å². The fraction of sp³-hybridized carbons (Fsp3) is 0.222. The van der Waals surface area contributed by atoms with Crippen molar-refractivity contribution in [1.29, 1.82) is 0 Å². The van der Waals surface area contributed by atoms with Gasteiger partial charge in [-0.3, -0.25) is 4.79 Å². The number of hydrogen-bond acceptors (Lipinski definition) is 3. The zero-order valence-electron chi connectivity index (χ0n) is 7.24. The molecule has 66 valence electrons. The molecule has 1 rings (SSSR count). The number of rotatable bonds is 2. The van der Waals surface area contributed by atoms with Crippen molar-refractivity contribution in [2.45, 2.75) is 13.5 Å². The van der Waals surface area contributed by atoms with Crippen molar-refractivity contribution in [3.63, 3.8) is 0 Å². The van der Waals surface area contributed by atoms with E-state index in [1.165, 1.54) is 0 Å². The summed E-state index contributed by atoms with van der Waals surface area (Å²) >= 11 is 0. The Hall–Kier alpha value is -1.89. The van der Waals surface area contributed by atoms with E-state index in [1.54, 1.807) is 25.3 Å². The summed E-state index contributed by atoms with van der Waals surface area (Å²) in [6.45, 7) is 1.98. The molecule has 0 aliphatic heterocycles. The van der Waals surface area contributed by atoms with Gasteiger partial charge in [0.2, 0.25) is 0 Å². The summed E-state index contributed by atoms with van der Waals surface area (Å²) in [6.07, 6.45) is 1.58. The van der Waals surface area contributed by atoms with Crippen molar-refractivity contribution in [3.8, 4) is 11.8 Å². The molecule has 1 N–H and O–H groups in total. The molecule has 0 unspecified atom stereocenters. The van der Waals surface area contributed by atoms with Gasteiger partial charge >= 0.3 is 0 Å². The van der Waals surface area contributed by atoms with E-state index in [4.69, 9.17) is 0 Å². The number of aromatic nitrogens is 2. The van der Waals surface area contributed by atoms with Gasteiger partial charge in [0.15, 0.2) is 0 Å². The minimum absolute atomic E-state index is 0.298. The van der Waals surface area contributed by atoms with Gasteiger partial charge in [0.05, 0.1) is 12.2 Å². The summed E-state index contributed by atoms with van der Waals surface area (Å²) < 4.78 is 0. The van der Waals surface area contributed by atoms with Crippen LogP contribution in [0.15, 0.2) is 18.3 Å². The van der Waals surface area contributed by atoms with Crippen LogP contribution in [0.2, 0.25) is 0 Å². The average Bonchev–Trinajstić information content (AvgIpc) is 2.17. The van der Waals surface area contributed by atoms with E-state index < -0.39 is 0 Å². The Morgan fingerprint density at radius 1 is 1.69 bits per heavy atom. The van der Waals surface area contributed by atoms with Gasteiger partial charge in [0.1, 0.15) is 0 Å². The fourth-order valence-corrected chi connectivity index (χ4v) is 0.756. The Morgan fingerprint density at radius 3 is 3.15 bits per heavy atom. The van der Waals surface area contributed by atoms with Crippen molar-refractivity contribution in [3.05, 3.63) is 24.0 Å². The van der Waals surface area contributed by atoms with Crippen LogP contribution in [0.25, 0.3) is 0 Å². The lowest BCUT2D eigenvalue weighted by atomic mass is 10.4. The minimum Gasteiger partial charge on any atom is -0.340 e. The van der Waals surface area contributed by atoms with Gasteiger partial charge in [0.25, 0.3) is 5.91 Å². The van der Waals surface area contributed by atoms with Crippen molar-refractivity contribution in [2.75, 3.05) is 0 Å². The van der Waals surface area contributed by atoms with Crippen molar-refractivity contribution in [1.82, 2.24) is 15.5 Å². The number of nitrogens with zero attached hydrogens (tertiary/aromatic N) is 2. The molecule has 4 heteroatoms. The molecule has 0 spiro atoms. The Balaban J connectivity index is 2.43. The second kappa shape index (κ2) is 4.88. The fourth-order valence-electron chi connectivity index (χ4n) is 0.756. The second-order valence-electron chi connectivity index (χ2n) is 2.27. The number of nitrogens with one attached hydrogen (secondary N) is 1. The second-order valence-corrected chi connectivity index (χ2v) is 2.27. The van der Waals surface area contributed by atoms with Crippen LogP contribution in [0.1, 0.15) is 12.6 Å². The van der Waals surface area contributed by atoms with Crippen LogP contribution in [0, 0.1) is 11.8 Å². The van der Waals surface area contributed by atoms with E-state index in [9.17, 15) is 4.79 Å². The monoisotopic (exact) mass is 175 g/mol. The molecule has 0 aliphatic carbocycles. The lowest BCUT2D eigenvalue weighted by Gasteiger charge is -1.97. The van der Waals surface area contributed by atoms with Crippen molar-refractivity contribution in [2.24, 2.45) is 0 Å². The smallest absolute Gasteiger partial charge is 0.296 e. The third-order valence-electron chi connectivity index (χ3n) is 1.30. The molecule has 0 saturated carbocycles. The lowest BCUT2D eigenvalue weighted by Crippen LogP contribution is -2.21. The molecule has 4 nitrogen and oxygen atoms in total. The average molecular weight is 175 g/mol. The van der Waals surface area contributed by atoms with Gasteiger partial charge in [-0.25, -0.2) is 0 Å². The largest absolute Gasteiger partial charge is 0.340 e. The first-order valence-corrected chi connectivity index (χ1v) is 3.80. The third-order valence-corrected chi connectivity index (χ3v) is 1.30. The Labute approximate surface area is 76.4 Å². The molecule has 0 radical (unpaired) electrons. The van der Waals surface area contributed by atoms with Crippen LogP contribution >= 0.6 is 0 Å². The summed E-state index contributed by atoms with van der Waals surface area (Å²) in [5.74, 6) is 4.58. The SMILES string of the molecule is CC#CC(=O)NCc1cccnn1. The quantitative estimate of drug-likeness (QED) is 0.649. The zero-order chi connectivity index (χ0) is 9.52. The molecule has 0 bridgehead atoms. The summed E-state index contributed by atoms with van der Waals surface area (Å²) in [5, 5.41) is 10.1. The van der Waals surface area contributed by atoms with Crippen LogP contribution in [-0.4, -0.2) is 16.1 Å². The number of amides is 1. The maximum atomic E-state index is 10.9. The maximum absolute atomic E-state index is 10.9. The molecule has 1 aromatic rings. The van der Waals surface area contributed by atoms with E-state index in [2.05, 4.69) is 27.4 Å². The first-order valence-electron chi connectivity index (χ1n) is 3.80. The predicted molar refractivity (Wildman–Crippen MR) is 47.3 cm³/mol. The van der Waals surface area contributed by atoms with Crippen molar-refractivity contribution >= 4 is 5.91 Å². The number of hydrogen-bond donors (Lipinski definition) is 1. The van der Waals surface area contributed by atoms with E-state index in [-0.39, 0.29) is 5.91 Å². The number of carbonyl (C=O) groups excluding carboxylic acids is 1. The van der Waals surface area contributed by atoms with Gasteiger partial charge in [-0.05, 0) is 25.0 Å². The van der Waals surface area contributed by atoms with Crippen molar-refractivity contribution < 1.29 is 4.79 Å². The van der Waals surface area contributed by atoms with Gasteiger partial charge in [0, 0.05) is 6.20 Å². The summed E-state index contributed by atoms with van der Waals surface area (Å²) in [5.41, 5.74) is 0.716. The van der Waals surface area contributed by atoms with E-state index in [1.807, 2.05) is 0 Å². The third kappa shape index (κ3) is 3.34. The molecule has 1 amide bonds. The predicted octanol–water partition coefficient (Wildman–Crippen LogP) is 0.116. The van der Waals surface area contributed by atoms with Crippen LogP contribution < -0.4 is 5.32 Å². The highest BCUT2D eigenvalue weighted by atomic mass is 16.1. The van der Waals surface area contributed by atoms with E-state index >= 15 is 0 Å². The van der Waals surface area contributed by atoms with Gasteiger partial charge in [-0.2, -0.15) is 10.2 Å². The Morgan fingerprint density at radius 2 is 2.54 bits per heavy atom. The van der Waals surface area contributed by atoms with Crippen LogP contribution in [0.3, 0.4) is 0 Å². The highest BCUT2D eigenvalue weighted by Gasteiger charge is 1.96. The molecule has 0 saturated heterocycles. The van der Waals surface area contributed by atoms with E-state index in [0.29, 0.717) is 12.2 Å². The molecule has 0 aromatic carbocycles. The number of carbonyl (C=O) groups is 1. The molecule has 0 aliphatic rings. The molecule has 0 fully saturated rings. The maximum Gasteiger partial charge on any atom is 0.296 e. The van der Waals surface area contributed by atoms with Crippen LogP contribution in [0.5, 0.6) is 0 Å². The minimum atomic E-state index is -0.298. The van der Waals surface area contributed by atoms with Crippen LogP contribution in [0.4, 0.5) is 0 Å². The van der Waals surface area contributed by atoms with Gasteiger partial charge in [-0.1, -0.05) is 5.92 Å². The highest BCUT2D eigenvalue weighted by Crippen LogP contribution is 1.88. The van der Waals surface area contributed by atoms with Crippen LogP contribution in [-0.2, 0) is 11.3 Å². The first kappa shape index (κ1) is 9.20. The normalized spacial score (nSPS) is 8.38. The van der Waals surface area contributed by atoms with Gasteiger partial charge < -0.3 is 5.32 Å². The Bertz CT molecular complexity index is 337. The molecular weight excluding hydrogens is 166 g/mol. The standard InChI is InChI=1S/C9H9N3O/c1-2-4-9(13)10-7-8-5-3-6-11-12-8/h3,5-6H,7H2,1H3,(H,10,13). The zero-order valence-corrected chi connectivity index (χ0v) is 7.24. The lowest BCUT2D eigenvalue weighted by molar-refractivity contribution is -0.115. The first-order chi connectivity index (χ1) is 6.33. The highest BCUT2D eigenvalue weighted by molar-refractivity contribution is 5.93. The molecular formula is C9H9N3O. The molecule has 0 atom stereocenters. The molecule has 1 aromatic heterocycles. The summed E-state index contributed by atoms with van der Waals surface area (Å²) in [6, 6.07) is 3.55.